The van der Waals surface area contributed by atoms with E-state index in [9.17, 15) is 4.79 Å². The summed E-state index contributed by atoms with van der Waals surface area (Å²) in [7, 11) is 0. The van der Waals surface area contributed by atoms with E-state index < -0.39 is 0 Å². The molecule has 2 aromatic rings. The topological polar surface area (TPSA) is 58.1 Å². The Balaban J connectivity index is 1.80. The van der Waals surface area contributed by atoms with Crippen LogP contribution < -0.4 is 10.2 Å². The van der Waals surface area contributed by atoms with Gasteiger partial charge < -0.3 is 10.2 Å². The smallest absolute Gasteiger partial charge is 0.274 e. The fraction of sp³-hybridized carbons (Fsp3) is 0.267. The molecule has 0 unspecified atom stereocenters. The van der Waals surface area contributed by atoms with Crippen molar-refractivity contribution in [3.05, 3.63) is 46.2 Å². The number of aromatic nitrogens is 2. The molecule has 0 saturated carbocycles. The molecule has 1 N–H and O–H groups in total. The molecule has 22 heavy (non-hydrogen) atoms. The van der Waals surface area contributed by atoms with Gasteiger partial charge in [0.05, 0.1) is 15.7 Å². The van der Waals surface area contributed by atoms with E-state index in [2.05, 4.69) is 20.2 Å². The van der Waals surface area contributed by atoms with Crippen LogP contribution in [0.4, 0.5) is 11.6 Å². The van der Waals surface area contributed by atoms with Crippen molar-refractivity contribution in [2.75, 3.05) is 23.3 Å². The fourth-order valence-corrected chi connectivity index (χ4v) is 2.68. The molecule has 1 fully saturated rings. The summed E-state index contributed by atoms with van der Waals surface area (Å²) >= 11 is 12.0. The van der Waals surface area contributed by atoms with Crippen molar-refractivity contribution in [1.82, 2.24) is 9.97 Å². The minimum atomic E-state index is -0.341. The lowest BCUT2D eigenvalue weighted by atomic mass is 10.3. The van der Waals surface area contributed by atoms with Gasteiger partial charge in [0.1, 0.15) is 5.69 Å². The Labute approximate surface area is 138 Å². The molecule has 3 rings (SSSR count). The van der Waals surface area contributed by atoms with Gasteiger partial charge >= 0.3 is 0 Å². The first-order valence-corrected chi connectivity index (χ1v) is 7.74. The van der Waals surface area contributed by atoms with Crippen molar-refractivity contribution in [3.8, 4) is 0 Å². The zero-order chi connectivity index (χ0) is 15.5. The summed E-state index contributed by atoms with van der Waals surface area (Å²) < 4.78 is 0. The van der Waals surface area contributed by atoms with Gasteiger partial charge in [0.25, 0.3) is 5.91 Å². The molecular weight excluding hydrogens is 323 g/mol. The van der Waals surface area contributed by atoms with Gasteiger partial charge in [0.2, 0.25) is 5.95 Å². The summed E-state index contributed by atoms with van der Waals surface area (Å²) in [5, 5.41) is 3.42. The number of halogens is 2. The second-order valence-corrected chi connectivity index (χ2v) is 5.78. The predicted octanol–water partition coefficient (Wildman–Crippen LogP) is 3.64. The van der Waals surface area contributed by atoms with Crippen LogP contribution in [-0.4, -0.2) is 29.0 Å². The molecule has 5 nitrogen and oxygen atoms in total. The normalized spacial score (nSPS) is 14.2. The zero-order valence-electron chi connectivity index (χ0n) is 11.7. The van der Waals surface area contributed by atoms with Crippen LogP contribution in [-0.2, 0) is 0 Å². The zero-order valence-corrected chi connectivity index (χ0v) is 13.2. The largest absolute Gasteiger partial charge is 0.341 e. The van der Waals surface area contributed by atoms with Crippen molar-refractivity contribution >= 4 is 40.7 Å². The Morgan fingerprint density at radius 1 is 1.18 bits per heavy atom. The van der Waals surface area contributed by atoms with Crippen LogP contribution in [0, 0.1) is 0 Å². The van der Waals surface area contributed by atoms with Crippen molar-refractivity contribution in [3.63, 3.8) is 0 Å². The van der Waals surface area contributed by atoms with E-state index >= 15 is 0 Å². The Kier molecular flexibility index (Phi) is 4.45. The quantitative estimate of drug-likeness (QED) is 0.929. The maximum Gasteiger partial charge on any atom is 0.274 e. The molecule has 0 spiro atoms. The van der Waals surface area contributed by atoms with Gasteiger partial charge in [0.15, 0.2) is 0 Å². The molecular formula is C15H14Cl2N4O. The molecule has 0 bridgehead atoms. The van der Waals surface area contributed by atoms with Gasteiger partial charge in [-0.2, -0.15) is 0 Å². The van der Waals surface area contributed by atoms with Gasteiger partial charge in [-0.25, -0.2) is 9.97 Å². The van der Waals surface area contributed by atoms with Crippen LogP contribution in [0.2, 0.25) is 10.0 Å². The third-order valence-electron chi connectivity index (χ3n) is 3.46. The number of carbonyl (C=O) groups is 1. The Bertz CT molecular complexity index is 702. The Morgan fingerprint density at radius 3 is 2.73 bits per heavy atom. The van der Waals surface area contributed by atoms with E-state index in [1.54, 1.807) is 30.5 Å². The first-order valence-electron chi connectivity index (χ1n) is 6.98. The molecule has 1 aliphatic rings. The maximum absolute atomic E-state index is 12.3. The van der Waals surface area contributed by atoms with Crippen LogP contribution in [0.5, 0.6) is 0 Å². The summed E-state index contributed by atoms with van der Waals surface area (Å²) in [6.45, 7) is 1.84. The lowest BCUT2D eigenvalue weighted by molar-refractivity contribution is 0.102. The van der Waals surface area contributed by atoms with Crippen LogP contribution in [0.1, 0.15) is 23.3 Å². The van der Waals surface area contributed by atoms with E-state index in [1.807, 2.05) is 0 Å². The molecule has 0 aliphatic carbocycles. The minimum absolute atomic E-state index is 0.299. The van der Waals surface area contributed by atoms with Gasteiger partial charge in [-0.15, -0.1) is 0 Å². The van der Waals surface area contributed by atoms with Crippen molar-refractivity contribution in [2.45, 2.75) is 12.8 Å². The molecule has 1 aromatic carbocycles. The molecule has 0 atom stereocenters. The fourth-order valence-electron chi connectivity index (χ4n) is 2.33. The first-order chi connectivity index (χ1) is 10.6. The van der Waals surface area contributed by atoms with Crippen molar-refractivity contribution < 1.29 is 4.79 Å². The predicted molar refractivity (Wildman–Crippen MR) is 87.9 cm³/mol. The number of carbonyl (C=O) groups excluding carboxylic acids is 1. The number of benzene rings is 1. The molecule has 1 amide bonds. The van der Waals surface area contributed by atoms with Gasteiger partial charge in [0, 0.05) is 19.3 Å². The summed E-state index contributed by atoms with van der Waals surface area (Å²) in [5.74, 6) is 0.245. The van der Waals surface area contributed by atoms with E-state index in [0.717, 1.165) is 25.9 Å². The average molecular weight is 337 g/mol. The molecule has 7 heteroatoms. The first kappa shape index (κ1) is 15.1. The van der Waals surface area contributed by atoms with Gasteiger partial charge in [-0.05, 0) is 31.0 Å². The second-order valence-electron chi connectivity index (χ2n) is 4.99. The molecule has 1 saturated heterocycles. The third kappa shape index (κ3) is 3.15. The number of hydrogen-bond donors (Lipinski definition) is 1. The number of hydrogen-bond acceptors (Lipinski definition) is 4. The Hall–Kier alpha value is -1.85. The van der Waals surface area contributed by atoms with E-state index in [0.29, 0.717) is 27.4 Å². The van der Waals surface area contributed by atoms with Crippen LogP contribution >= 0.6 is 23.2 Å². The number of nitrogens with zero attached hydrogens (tertiary/aromatic N) is 3. The average Bonchev–Trinajstić information content (AvgIpc) is 3.06. The van der Waals surface area contributed by atoms with Gasteiger partial charge in [-0.3, -0.25) is 4.79 Å². The SMILES string of the molecule is O=C(Nc1cccc(Cl)c1Cl)c1ccnc(N2CCCC2)n1. The summed E-state index contributed by atoms with van der Waals surface area (Å²) in [5.41, 5.74) is 0.758. The molecule has 1 aliphatic heterocycles. The monoisotopic (exact) mass is 336 g/mol. The molecule has 114 valence electrons. The van der Waals surface area contributed by atoms with Crippen molar-refractivity contribution in [2.24, 2.45) is 0 Å². The maximum atomic E-state index is 12.3. The highest BCUT2D eigenvalue weighted by atomic mass is 35.5. The lowest BCUT2D eigenvalue weighted by Gasteiger charge is -2.15. The van der Waals surface area contributed by atoms with Gasteiger partial charge in [-0.1, -0.05) is 29.3 Å². The standard InChI is InChI=1S/C15H14Cl2N4O/c16-10-4-3-5-11(13(10)17)19-14(22)12-6-7-18-15(20-12)21-8-1-2-9-21/h3-7H,1-2,8-9H2,(H,19,22). The summed E-state index contributed by atoms with van der Waals surface area (Å²) in [6.07, 6.45) is 3.84. The highest BCUT2D eigenvalue weighted by Gasteiger charge is 2.17. The van der Waals surface area contributed by atoms with Crippen molar-refractivity contribution in [1.29, 1.82) is 0 Å². The highest BCUT2D eigenvalue weighted by Crippen LogP contribution is 2.29. The molecule has 0 radical (unpaired) electrons. The van der Waals surface area contributed by atoms with Crippen LogP contribution in [0.25, 0.3) is 0 Å². The third-order valence-corrected chi connectivity index (χ3v) is 4.28. The molecule has 1 aromatic heterocycles. The van der Waals surface area contributed by atoms with Crippen LogP contribution in [0.15, 0.2) is 30.5 Å². The molecule has 2 heterocycles. The van der Waals surface area contributed by atoms with Crippen LogP contribution in [0.3, 0.4) is 0 Å². The van der Waals surface area contributed by atoms with E-state index in [1.165, 1.54) is 0 Å². The minimum Gasteiger partial charge on any atom is -0.341 e. The summed E-state index contributed by atoms with van der Waals surface area (Å²) in [6, 6.07) is 6.65. The highest BCUT2D eigenvalue weighted by molar-refractivity contribution is 6.44. The van der Waals surface area contributed by atoms with E-state index in [4.69, 9.17) is 23.2 Å². The number of nitrogens with one attached hydrogen (secondary N) is 1. The van der Waals surface area contributed by atoms with E-state index in [-0.39, 0.29) is 5.91 Å². The number of rotatable bonds is 3. The summed E-state index contributed by atoms with van der Waals surface area (Å²) in [4.78, 5) is 23.0. The second kappa shape index (κ2) is 6.50. The Morgan fingerprint density at radius 2 is 1.95 bits per heavy atom. The number of anilines is 2. The number of amides is 1. The lowest BCUT2D eigenvalue weighted by Crippen LogP contribution is -2.22.